The summed E-state index contributed by atoms with van der Waals surface area (Å²) in [6.07, 6.45) is 3.53. The third-order valence-corrected chi connectivity index (χ3v) is 3.61. The first-order valence-corrected chi connectivity index (χ1v) is 7.16. The molecule has 1 aromatic rings. The van der Waals surface area contributed by atoms with Crippen LogP contribution in [0.25, 0.3) is 0 Å². The molecule has 112 valence electrons. The van der Waals surface area contributed by atoms with Crippen LogP contribution in [0.4, 0.5) is 8.78 Å². The van der Waals surface area contributed by atoms with Crippen molar-refractivity contribution in [2.45, 2.75) is 44.9 Å². The molecule has 0 bridgehead atoms. The minimum absolute atomic E-state index is 0.156. The van der Waals surface area contributed by atoms with Gasteiger partial charge in [0.05, 0.1) is 0 Å². The Kier molecular flexibility index (Phi) is 5.31. The first-order valence-electron chi connectivity index (χ1n) is 7.16. The number of hydrogen-bond acceptors (Lipinski definition) is 3. The van der Waals surface area contributed by atoms with Gasteiger partial charge in [-0.3, -0.25) is 4.90 Å². The van der Waals surface area contributed by atoms with Gasteiger partial charge in [-0.05, 0) is 43.5 Å². The minimum Gasteiger partial charge on any atom is -0.435 e. The summed E-state index contributed by atoms with van der Waals surface area (Å²) in [6.45, 7) is 0.921. The quantitative estimate of drug-likeness (QED) is 0.797. The summed E-state index contributed by atoms with van der Waals surface area (Å²) in [4.78, 5) is 2.43. The highest BCUT2D eigenvalue weighted by Crippen LogP contribution is 2.34. The number of nitrogens with two attached hydrogens (primary N) is 1. The SMILES string of the molecule is CCCN(C1CC1)C(CN)c1ccc(OC(F)F)cc1. The maximum Gasteiger partial charge on any atom is 0.387 e. The Morgan fingerprint density at radius 1 is 1.30 bits per heavy atom. The van der Waals surface area contributed by atoms with E-state index in [1.165, 1.54) is 12.8 Å². The number of benzene rings is 1. The average molecular weight is 284 g/mol. The van der Waals surface area contributed by atoms with Gasteiger partial charge in [-0.1, -0.05) is 19.1 Å². The molecular formula is C15H22F2N2O. The van der Waals surface area contributed by atoms with Crippen molar-refractivity contribution in [2.24, 2.45) is 5.73 Å². The Morgan fingerprint density at radius 3 is 2.40 bits per heavy atom. The van der Waals surface area contributed by atoms with Crippen molar-refractivity contribution < 1.29 is 13.5 Å². The molecule has 5 heteroatoms. The van der Waals surface area contributed by atoms with Crippen molar-refractivity contribution in [1.29, 1.82) is 0 Å². The van der Waals surface area contributed by atoms with Crippen LogP contribution in [0, 0.1) is 0 Å². The van der Waals surface area contributed by atoms with Crippen molar-refractivity contribution >= 4 is 0 Å². The van der Waals surface area contributed by atoms with Gasteiger partial charge in [0, 0.05) is 18.6 Å². The van der Waals surface area contributed by atoms with E-state index in [9.17, 15) is 8.78 Å². The molecule has 2 rings (SSSR count). The van der Waals surface area contributed by atoms with Crippen LogP contribution in [-0.2, 0) is 0 Å². The lowest BCUT2D eigenvalue weighted by molar-refractivity contribution is -0.0498. The van der Waals surface area contributed by atoms with Gasteiger partial charge in [-0.15, -0.1) is 0 Å². The number of alkyl halides is 2. The normalized spacial score (nSPS) is 16.7. The summed E-state index contributed by atoms with van der Waals surface area (Å²) in [6, 6.07) is 7.62. The molecule has 0 aromatic heterocycles. The highest BCUT2D eigenvalue weighted by molar-refractivity contribution is 5.29. The molecule has 20 heavy (non-hydrogen) atoms. The van der Waals surface area contributed by atoms with Crippen LogP contribution >= 0.6 is 0 Å². The van der Waals surface area contributed by atoms with Crippen LogP contribution in [0.5, 0.6) is 5.75 Å². The Hall–Kier alpha value is -1.20. The van der Waals surface area contributed by atoms with E-state index in [-0.39, 0.29) is 11.8 Å². The molecule has 1 unspecified atom stereocenters. The molecule has 1 atom stereocenters. The number of halogens is 2. The third-order valence-electron chi connectivity index (χ3n) is 3.61. The molecule has 0 amide bonds. The topological polar surface area (TPSA) is 38.5 Å². The molecule has 0 heterocycles. The Morgan fingerprint density at radius 2 is 1.95 bits per heavy atom. The second kappa shape index (κ2) is 6.99. The van der Waals surface area contributed by atoms with Crippen LogP contribution in [0.15, 0.2) is 24.3 Å². The predicted octanol–water partition coefficient (Wildman–Crippen LogP) is 3.16. The fourth-order valence-corrected chi connectivity index (χ4v) is 2.59. The number of hydrogen-bond donors (Lipinski definition) is 1. The van der Waals surface area contributed by atoms with Gasteiger partial charge in [0.25, 0.3) is 0 Å². The summed E-state index contributed by atoms with van der Waals surface area (Å²) >= 11 is 0. The Balaban J connectivity index is 2.09. The molecule has 1 fully saturated rings. The highest BCUT2D eigenvalue weighted by atomic mass is 19.3. The van der Waals surface area contributed by atoms with Crippen molar-refractivity contribution in [2.75, 3.05) is 13.1 Å². The van der Waals surface area contributed by atoms with Crippen molar-refractivity contribution in [3.63, 3.8) is 0 Å². The summed E-state index contributed by atoms with van der Waals surface area (Å²) in [5.41, 5.74) is 6.99. The molecule has 1 aromatic carbocycles. The largest absolute Gasteiger partial charge is 0.435 e. The van der Waals surface area contributed by atoms with E-state index >= 15 is 0 Å². The fraction of sp³-hybridized carbons (Fsp3) is 0.600. The summed E-state index contributed by atoms with van der Waals surface area (Å²) in [7, 11) is 0. The number of rotatable bonds is 8. The standard InChI is InChI=1S/C15H22F2N2O/c1-2-9-19(12-5-6-12)14(10-18)11-3-7-13(8-4-11)20-15(16)17/h3-4,7-8,12,14-15H,2,5-6,9-10,18H2,1H3. The van der Waals surface area contributed by atoms with Gasteiger partial charge in [0.15, 0.2) is 0 Å². The van der Waals surface area contributed by atoms with Crippen LogP contribution in [0.1, 0.15) is 37.8 Å². The van der Waals surface area contributed by atoms with E-state index in [2.05, 4.69) is 16.6 Å². The first-order chi connectivity index (χ1) is 9.65. The van der Waals surface area contributed by atoms with E-state index in [1.54, 1.807) is 12.1 Å². The number of ether oxygens (including phenoxy) is 1. The molecule has 0 aliphatic heterocycles. The molecule has 2 N–H and O–H groups in total. The first kappa shape index (κ1) is 15.2. The van der Waals surface area contributed by atoms with Crippen LogP contribution in [0.2, 0.25) is 0 Å². The van der Waals surface area contributed by atoms with E-state index in [4.69, 9.17) is 5.73 Å². The lowest BCUT2D eigenvalue weighted by Gasteiger charge is -2.31. The zero-order chi connectivity index (χ0) is 14.5. The van der Waals surface area contributed by atoms with Gasteiger partial charge < -0.3 is 10.5 Å². The highest BCUT2D eigenvalue weighted by Gasteiger charge is 2.33. The molecule has 1 aliphatic rings. The van der Waals surface area contributed by atoms with Gasteiger partial charge in [-0.2, -0.15) is 8.78 Å². The van der Waals surface area contributed by atoms with Crippen molar-refractivity contribution in [3.8, 4) is 5.75 Å². The summed E-state index contributed by atoms with van der Waals surface area (Å²) in [5.74, 6) is 0.188. The molecule has 1 saturated carbocycles. The van der Waals surface area contributed by atoms with Gasteiger partial charge in [0.1, 0.15) is 5.75 Å². The van der Waals surface area contributed by atoms with Crippen LogP contribution in [0.3, 0.4) is 0 Å². The monoisotopic (exact) mass is 284 g/mol. The lowest BCUT2D eigenvalue weighted by atomic mass is 10.0. The second-order valence-corrected chi connectivity index (χ2v) is 5.17. The molecular weight excluding hydrogens is 262 g/mol. The van der Waals surface area contributed by atoms with Crippen LogP contribution in [-0.4, -0.2) is 30.6 Å². The maximum atomic E-state index is 12.1. The van der Waals surface area contributed by atoms with Gasteiger partial charge in [-0.25, -0.2) is 0 Å². The zero-order valence-electron chi connectivity index (χ0n) is 11.8. The molecule has 3 nitrogen and oxygen atoms in total. The predicted molar refractivity (Wildman–Crippen MR) is 74.9 cm³/mol. The van der Waals surface area contributed by atoms with Gasteiger partial charge in [0.2, 0.25) is 0 Å². The van der Waals surface area contributed by atoms with E-state index in [1.807, 2.05) is 12.1 Å². The smallest absolute Gasteiger partial charge is 0.387 e. The van der Waals surface area contributed by atoms with Crippen molar-refractivity contribution in [1.82, 2.24) is 4.90 Å². The second-order valence-electron chi connectivity index (χ2n) is 5.17. The summed E-state index contributed by atoms with van der Waals surface area (Å²) in [5, 5.41) is 0. The molecule has 0 saturated heterocycles. The third kappa shape index (κ3) is 3.90. The number of nitrogens with zero attached hydrogens (tertiary/aromatic N) is 1. The maximum absolute atomic E-state index is 12.1. The van der Waals surface area contributed by atoms with Crippen molar-refractivity contribution in [3.05, 3.63) is 29.8 Å². The van der Waals surface area contributed by atoms with Crippen LogP contribution < -0.4 is 10.5 Å². The molecule has 0 radical (unpaired) electrons. The lowest BCUT2D eigenvalue weighted by Crippen LogP contribution is -2.36. The molecule has 0 spiro atoms. The minimum atomic E-state index is -2.78. The fourth-order valence-electron chi connectivity index (χ4n) is 2.59. The average Bonchev–Trinajstić information content (AvgIpc) is 3.24. The van der Waals surface area contributed by atoms with E-state index < -0.39 is 6.61 Å². The van der Waals surface area contributed by atoms with E-state index in [0.29, 0.717) is 12.6 Å². The Labute approximate surface area is 118 Å². The van der Waals surface area contributed by atoms with E-state index in [0.717, 1.165) is 18.5 Å². The zero-order valence-corrected chi connectivity index (χ0v) is 11.8. The van der Waals surface area contributed by atoms with Gasteiger partial charge >= 0.3 is 6.61 Å². The molecule has 1 aliphatic carbocycles. The summed E-state index contributed by atoms with van der Waals surface area (Å²) < 4.78 is 28.6. The Bertz CT molecular complexity index is 407.